The Bertz CT molecular complexity index is 201. The van der Waals surface area contributed by atoms with Crippen molar-refractivity contribution in [3.05, 3.63) is 0 Å². The summed E-state index contributed by atoms with van der Waals surface area (Å²) in [4.78, 5) is 5.18. The van der Waals surface area contributed by atoms with Gasteiger partial charge in [0, 0.05) is 25.2 Å². The molecule has 0 radical (unpaired) electrons. The number of rotatable bonds is 4. The lowest BCUT2D eigenvalue weighted by Gasteiger charge is -2.38. The Balaban J connectivity index is 1.82. The number of likely N-dealkylation sites (N-methyl/N-ethyl adjacent to an activating group) is 2. The molecular weight excluding hydrogens is 198 g/mol. The molecule has 2 atom stereocenters. The van der Waals surface area contributed by atoms with Crippen molar-refractivity contribution in [2.75, 3.05) is 39.8 Å². The minimum absolute atomic E-state index is 0.757. The van der Waals surface area contributed by atoms with Crippen molar-refractivity contribution in [1.29, 1.82) is 0 Å². The van der Waals surface area contributed by atoms with Gasteiger partial charge in [0.1, 0.15) is 0 Å². The zero-order valence-electron chi connectivity index (χ0n) is 10.9. The summed E-state index contributed by atoms with van der Waals surface area (Å²) in [6.07, 6.45) is 5.51. The van der Waals surface area contributed by atoms with Crippen molar-refractivity contribution in [2.24, 2.45) is 0 Å². The Hall–Kier alpha value is -0.120. The molecule has 2 rings (SSSR count). The second kappa shape index (κ2) is 5.99. The van der Waals surface area contributed by atoms with Crippen LogP contribution in [-0.4, -0.2) is 61.7 Å². The molecule has 16 heavy (non-hydrogen) atoms. The Morgan fingerprint density at radius 3 is 2.81 bits per heavy atom. The van der Waals surface area contributed by atoms with Gasteiger partial charge in [-0.2, -0.15) is 0 Å². The first-order valence-electron chi connectivity index (χ1n) is 6.95. The summed E-state index contributed by atoms with van der Waals surface area (Å²) in [5.41, 5.74) is 0. The molecule has 3 heteroatoms. The van der Waals surface area contributed by atoms with Crippen LogP contribution in [0.3, 0.4) is 0 Å². The van der Waals surface area contributed by atoms with Gasteiger partial charge in [0.05, 0.1) is 0 Å². The maximum absolute atomic E-state index is 3.62. The number of hydrogen-bond donors (Lipinski definition) is 1. The van der Waals surface area contributed by atoms with Gasteiger partial charge in [0.25, 0.3) is 0 Å². The zero-order valence-corrected chi connectivity index (χ0v) is 10.9. The molecule has 2 fully saturated rings. The summed E-state index contributed by atoms with van der Waals surface area (Å²) < 4.78 is 0. The third kappa shape index (κ3) is 3.19. The zero-order chi connectivity index (χ0) is 11.4. The molecule has 0 aromatic carbocycles. The van der Waals surface area contributed by atoms with Crippen LogP contribution in [0.25, 0.3) is 0 Å². The van der Waals surface area contributed by atoms with E-state index in [-0.39, 0.29) is 0 Å². The Labute approximate surface area is 100 Å². The van der Waals surface area contributed by atoms with Crippen LogP contribution in [-0.2, 0) is 0 Å². The lowest BCUT2D eigenvalue weighted by Crippen LogP contribution is -2.50. The fourth-order valence-electron chi connectivity index (χ4n) is 3.17. The predicted octanol–water partition coefficient (Wildman–Crippen LogP) is 1.15. The molecule has 3 nitrogen and oxygen atoms in total. The summed E-state index contributed by atoms with van der Waals surface area (Å²) in [7, 11) is 2.26. The largest absolute Gasteiger partial charge is 0.313 e. The van der Waals surface area contributed by atoms with Crippen molar-refractivity contribution >= 4 is 0 Å². The molecule has 2 heterocycles. The van der Waals surface area contributed by atoms with Gasteiger partial charge in [-0.05, 0) is 52.4 Å². The number of likely N-dealkylation sites (tertiary alicyclic amines) is 1. The maximum atomic E-state index is 3.62. The summed E-state index contributed by atoms with van der Waals surface area (Å²) in [5, 5.41) is 3.62. The number of nitrogens with zero attached hydrogens (tertiary/aromatic N) is 2. The van der Waals surface area contributed by atoms with Gasteiger partial charge in [-0.1, -0.05) is 6.92 Å². The van der Waals surface area contributed by atoms with E-state index in [0.717, 1.165) is 12.1 Å². The smallest absolute Gasteiger partial charge is 0.0224 e. The third-order valence-corrected chi connectivity index (χ3v) is 4.14. The second-order valence-corrected chi connectivity index (χ2v) is 5.44. The topological polar surface area (TPSA) is 18.5 Å². The highest BCUT2D eigenvalue weighted by molar-refractivity contribution is 4.84. The van der Waals surface area contributed by atoms with E-state index in [4.69, 9.17) is 0 Å². The van der Waals surface area contributed by atoms with Gasteiger partial charge in [0.15, 0.2) is 0 Å². The van der Waals surface area contributed by atoms with Crippen LogP contribution < -0.4 is 5.32 Å². The quantitative estimate of drug-likeness (QED) is 0.774. The van der Waals surface area contributed by atoms with E-state index in [2.05, 4.69) is 29.1 Å². The first-order valence-corrected chi connectivity index (χ1v) is 6.95. The Kier molecular flexibility index (Phi) is 4.62. The van der Waals surface area contributed by atoms with E-state index in [1.165, 1.54) is 58.4 Å². The van der Waals surface area contributed by atoms with Gasteiger partial charge < -0.3 is 10.2 Å². The summed E-state index contributed by atoms with van der Waals surface area (Å²) in [6, 6.07) is 1.55. The van der Waals surface area contributed by atoms with Crippen LogP contribution in [0, 0.1) is 0 Å². The molecule has 2 aliphatic rings. The first-order chi connectivity index (χ1) is 7.79. The van der Waals surface area contributed by atoms with Gasteiger partial charge in [-0.15, -0.1) is 0 Å². The highest BCUT2D eigenvalue weighted by atomic mass is 15.2. The van der Waals surface area contributed by atoms with E-state index in [1.807, 2.05) is 0 Å². The second-order valence-electron chi connectivity index (χ2n) is 5.44. The van der Waals surface area contributed by atoms with Gasteiger partial charge in [-0.25, -0.2) is 0 Å². The van der Waals surface area contributed by atoms with Crippen molar-refractivity contribution in [1.82, 2.24) is 15.1 Å². The maximum Gasteiger partial charge on any atom is 0.0224 e. The van der Waals surface area contributed by atoms with E-state index in [9.17, 15) is 0 Å². The molecule has 2 aliphatic heterocycles. The van der Waals surface area contributed by atoms with Crippen LogP contribution in [0.15, 0.2) is 0 Å². The standard InChI is InChI=1S/C13H27N3/c1-3-16(10-12-6-4-8-14-12)13-7-5-9-15(2)11-13/h12-14H,3-11H2,1-2H3. The Morgan fingerprint density at radius 2 is 2.19 bits per heavy atom. The molecule has 2 saturated heterocycles. The molecule has 94 valence electrons. The monoisotopic (exact) mass is 225 g/mol. The molecule has 0 spiro atoms. The number of hydrogen-bond acceptors (Lipinski definition) is 3. The number of piperidine rings is 1. The molecule has 2 unspecified atom stereocenters. The van der Waals surface area contributed by atoms with E-state index in [1.54, 1.807) is 0 Å². The molecule has 0 aromatic heterocycles. The molecule has 0 amide bonds. The third-order valence-electron chi connectivity index (χ3n) is 4.14. The lowest BCUT2D eigenvalue weighted by atomic mass is 10.0. The van der Waals surface area contributed by atoms with Crippen molar-refractivity contribution in [3.8, 4) is 0 Å². The summed E-state index contributed by atoms with van der Waals surface area (Å²) in [6.45, 7) is 8.55. The Morgan fingerprint density at radius 1 is 1.31 bits per heavy atom. The van der Waals surface area contributed by atoms with Crippen molar-refractivity contribution < 1.29 is 0 Å². The average molecular weight is 225 g/mol. The summed E-state index contributed by atoms with van der Waals surface area (Å²) in [5.74, 6) is 0. The number of nitrogens with one attached hydrogen (secondary N) is 1. The van der Waals surface area contributed by atoms with Crippen molar-refractivity contribution in [2.45, 2.75) is 44.7 Å². The van der Waals surface area contributed by atoms with Gasteiger partial charge in [-0.3, -0.25) is 4.90 Å². The van der Waals surface area contributed by atoms with Gasteiger partial charge in [0.2, 0.25) is 0 Å². The van der Waals surface area contributed by atoms with Crippen molar-refractivity contribution in [3.63, 3.8) is 0 Å². The minimum Gasteiger partial charge on any atom is -0.313 e. The fourth-order valence-corrected chi connectivity index (χ4v) is 3.17. The molecule has 0 bridgehead atoms. The predicted molar refractivity (Wildman–Crippen MR) is 68.8 cm³/mol. The fraction of sp³-hybridized carbons (Fsp3) is 1.00. The normalized spacial score (nSPS) is 32.4. The van der Waals surface area contributed by atoms with E-state index in [0.29, 0.717) is 0 Å². The lowest BCUT2D eigenvalue weighted by molar-refractivity contribution is 0.109. The van der Waals surface area contributed by atoms with E-state index < -0.39 is 0 Å². The molecular formula is C13H27N3. The van der Waals surface area contributed by atoms with Crippen LogP contribution in [0.4, 0.5) is 0 Å². The van der Waals surface area contributed by atoms with E-state index >= 15 is 0 Å². The van der Waals surface area contributed by atoms with Gasteiger partial charge >= 0.3 is 0 Å². The SMILES string of the molecule is CCN(CC1CCCN1)C1CCCN(C)C1. The summed E-state index contributed by atoms with van der Waals surface area (Å²) >= 11 is 0. The van der Waals surface area contributed by atoms with Crippen LogP contribution in [0.1, 0.15) is 32.6 Å². The van der Waals surface area contributed by atoms with Crippen LogP contribution in [0.2, 0.25) is 0 Å². The molecule has 1 N–H and O–H groups in total. The molecule has 0 aromatic rings. The average Bonchev–Trinajstić information content (AvgIpc) is 2.78. The highest BCUT2D eigenvalue weighted by Gasteiger charge is 2.25. The van der Waals surface area contributed by atoms with Crippen LogP contribution in [0.5, 0.6) is 0 Å². The first kappa shape index (κ1) is 12.3. The molecule has 0 saturated carbocycles. The minimum atomic E-state index is 0.757. The highest BCUT2D eigenvalue weighted by Crippen LogP contribution is 2.16. The van der Waals surface area contributed by atoms with Crippen LogP contribution >= 0.6 is 0 Å². The molecule has 0 aliphatic carbocycles.